The molecule has 1 aromatic heterocycles. The summed E-state index contributed by atoms with van der Waals surface area (Å²) in [5.41, 5.74) is 0.554. The number of para-hydroxylation sites is 1. The van der Waals surface area contributed by atoms with Crippen molar-refractivity contribution in [1.82, 2.24) is 0 Å². The summed E-state index contributed by atoms with van der Waals surface area (Å²) in [7, 11) is 0. The molecular formula is C15H15NO4. The Labute approximate surface area is 116 Å². The molecule has 0 atom stereocenters. The number of unbranched alkanes of at least 4 members (excludes halogenated alkanes) is 1. The lowest BCUT2D eigenvalue weighted by atomic mass is 10.2. The zero-order valence-corrected chi connectivity index (χ0v) is 11.2. The molecule has 0 aliphatic carbocycles. The van der Waals surface area contributed by atoms with Crippen molar-refractivity contribution >= 4 is 16.9 Å². The number of esters is 1. The molecule has 0 bridgehead atoms. The molecule has 5 nitrogen and oxygen atoms in total. The van der Waals surface area contributed by atoms with E-state index in [1.807, 2.05) is 19.1 Å². The van der Waals surface area contributed by atoms with E-state index in [9.17, 15) is 4.79 Å². The normalized spacial score (nSPS) is 10.2. The first kappa shape index (κ1) is 13.9. The van der Waals surface area contributed by atoms with Crippen LogP contribution in [0.3, 0.4) is 0 Å². The van der Waals surface area contributed by atoms with Crippen LogP contribution < -0.4 is 4.74 Å². The van der Waals surface area contributed by atoms with Gasteiger partial charge in [-0.1, -0.05) is 25.5 Å². The third-order valence-electron chi connectivity index (χ3n) is 2.75. The van der Waals surface area contributed by atoms with Crippen molar-refractivity contribution in [3.8, 4) is 11.8 Å². The zero-order chi connectivity index (χ0) is 14.4. The second kappa shape index (κ2) is 6.62. The van der Waals surface area contributed by atoms with Crippen molar-refractivity contribution in [3.05, 3.63) is 30.0 Å². The summed E-state index contributed by atoms with van der Waals surface area (Å²) in [5, 5.41) is 9.69. The van der Waals surface area contributed by atoms with Gasteiger partial charge in [-0.3, -0.25) is 0 Å². The van der Waals surface area contributed by atoms with Crippen LogP contribution in [0, 0.1) is 11.3 Å². The molecule has 0 spiro atoms. The largest absolute Gasteiger partial charge is 0.476 e. The van der Waals surface area contributed by atoms with Crippen molar-refractivity contribution in [2.45, 2.75) is 19.8 Å². The van der Waals surface area contributed by atoms with Crippen LogP contribution in [-0.2, 0) is 9.53 Å². The Morgan fingerprint density at radius 2 is 2.20 bits per heavy atom. The van der Waals surface area contributed by atoms with Crippen LogP contribution in [0.15, 0.2) is 28.7 Å². The Bertz CT molecular complexity index is 639. The Balaban J connectivity index is 2.06. The number of carbonyl (C=O) groups excluding carboxylic acids is 1. The van der Waals surface area contributed by atoms with Crippen LogP contribution in [-0.4, -0.2) is 19.2 Å². The number of carbonyl (C=O) groups is 1. The molecule has 2 rings (SSSR count). The van der Waals surface area contributed by atoms with Crippen LogP contribution in [0.5, 0.6) is 5.75 Å². The van der Waals surface area contributed by atoms with Crippen LogP contribution in [0.25, 0.3) is 11.0 Å². The first-order valence-corrected chi connectivity index (χ1v) is 6.46. The third kappa shape index (κ3) is 3.09. The molecule has 0 saturated heterocycles. The highest BCUT2D eigenvalue weighted by molar-refractivity contribution is 5.86. The highest BCUT2D eigenvalue weighted by Gasteiger charge is 2.16. The number of furan rings is 1. The van der Waals surface area contributed by atoms with Crippen molar-refractivity contribution in [3.63, 3.8) is 0 Å². The summed E-state index contributed by atoms with van der Waals surface area (Å²) in [4.78, 5) is 11.5. The van der Waals surface area contributed by atoms with Gasteiger partial charge in [0.2, 0.25) is 5.76 Å². The second-order valence-electron chi connectivity index (χ2n) is 4.23. The lowest BCUT2D eigenvalue weighted by molar-refractivity contribution is -0.146. The fourth-order valence-corrected chi connectivity index (χ4v) is 1.74. The van der Waals surface area contributed by atoms with Gasteiger partial charge >= 0.3 is 5.97 Å². The molecule has 0 amide bonds. The predicted octanol–water partition coefficient (Wildman–Crippen LogP) is 3.03. The van der Waals surface area contributed by atoms with Crippen LogP contribution >= 0.6 is 0 Å². The number of benzene rings is 1. The Kier molecular flexibility index (Phi) is 4.61. The highest BCUT2D eigenvalue weighted by Crippen LogP contribution is 2.32. The molecule has 1 aromatic carbocycles. The number of hydrogen-bond donors (Lipinski definition) is 0. The van der Waals surface area contributed by atoms with E-state index >= 15 is 0 Å². The molecule has 20 heavy (non-hydrogen) atoms. The summed E-state index contributed by atoms with van der Waals surface area (Å²) in [6.07, 6.45) is 1.78. The molecule has 2 aromatic rings. The molecular weight excluding hydrogens is 258 g/mol. The number of nitriles is 1. The fourth-order valence-electron chi connectivity index (χ4n) is 1.74. The average Bonchev–Trinajstić information content (AvgIpc) is 2.83. The fraction of sp³-hybridized carbons (Fsp3) is 0.333. The van der Waals surface area contributed by atoms with Crippen molar-refractivity contribution in [1.29, 1.82) is 5.26 Å². The molecule has 0 N–H and O–H groups in total. The molecule has 1 heterocycles. The van der Waals surface area contributed by atoms with E-state index in [4.69, 9.17) is 19.2 Å². The number of fused-ring (bicyclic) bond motifs is 1. The van der Waals surface area contributed by atoms with Gasteiger partial charge in [0.25, 0.3) is 0 Å². The quantitative estimate of drug-likeness (QED) is 0.597. The van der Waals surface area contributed by atoms with Crippen molar-refractivity contribution < 1.29 is 18.7 Å². The SMILES string of the molecule is CCCCOC(=O)COc1c(C#N)oc2ccccc12. The molecule has 0 unspecified atom stereocenters. The maximum atomic E-state index is 11.5. The van der Waals surface area contributed by atoms with Crippen LogP contribution in [0.1, 0.15) is 25.5 Å². The summed E-state index contributed by atoms with van der Waals surface area (Å²) in [5.74, 6) is -0.101. The van der Waals surface area contributed by atoms with Gasteiger partial charge in [0.05, 0.1) is 12.0 Å². The van der Waals surface area contributed by atoms with E-state index in [2.05, 4.69) is 0 Å². The second-order valence-corrected chi connectivity index (χ2v) is 4.23. The van der Waals surface area contributed by atoms with E-state index in [1.54, 1.807) is 18.2 Å². The van der Waals surface area contributed by atoms with E-state index in [0.29, 0.717) is 17.6 Å². The third-order valence-corrected chi connectivity index (χ3v) is 2.75. The minimum Gasteiger partial charge on any atom is -0.476 e. The Morgan fingerprint density at radius 1 is 1.40 bits per heavy atom. The Morgan fingerprint density at radius 3 is 2.95 bits per heavy atom. The molecule has 0 saturated carbocycles. The maximum Gasteiger partial charge on any atom is 0.344 e. The first-order valence-electron chi connectivity index (χ1n) is 6.46. The van der Waals surface area contributed by atoms with Gasteiger partial charge in [0, 0.05) is 0 Å². The minimum atomic E-state index is -0.451. The highest BCUT2D eigenvalue weighted by atomic mass is 16.6. The number of nitrogens with zero attached hydrogens (tertiary/aromatic N) is 1. The van der Waals surface area contributed by atoms with Crippen LogP contribution in [0.4, 0.5) is 0 Å². The number of rotatable bonds is 6. The van der Waals surface area contributed by atoms with Crippen molar-refractivity contribution in [2.24, 2.45) is 0 Å². The Hall–Kier alpha value is -2.48. The number of ether oxygens (including phenoxy) is 2. The summed E-state index contributed by atoms with van der Waals surface area (Å²) in [6, 6.07) is 9.04. The topological polar surface area (TPSA) is 72.5 Å². The zero-order valence-electron chi connectivity index (χ0n) is 11.2. The van der Waals surface area contributed by atoms with Gasteiger partial charge in [-0.15, -0.1) is 0 Å². The molecule has 0 radical (unpaired) electrons. The van der Waals surface area contributed by atoms with Crippen molar-refractivity contribution in [2.75, 3.05) is 13.2 Å². The van der Waals surface area contributed by atoms with Gasteiger partial charge in [0.1, 0.15) is 11.7 Å². The lowest BCUT2D eigenvalue weighted by Gasteiger charge is -2.05. The average molecular weight is 273 g/mol. The number of hydrogen-bond acceptors (Lipinski definition) is 5. The predicted molar refractivity (Wildman–Crippen MR) is 72.3 cm³/mol. The van der Waals surface area contributed by atoms with Gasteiger partial charge in [0.15, 0.2) is 12.4 Å². The molecule has 104 valence electrons. The summed E-state index contributed by atoms with van der Waals surface area (Å²) in [6.45, 7) is 2.17. The molecule has 5 heteroatoms. The molecule has 0 aliphatic heterocycles. The standard InChI is InChI=1S/C15H15NO4/c1-2-3-8-18-14(17)10-19-15-11-6-4-5-7-12(11)20-13(15)9-16/h4-7H,2-3,8,10H2,1H3. The van der Waals surface area contributed by atoms with Gasteiger partial charge in [-0.05, 0) is 18.6 Å². The van der Waals surface area contributed by atoms with E-state index < -0.39 is 5.97 Å². The van der Waals surface area contributed by atoms with E-state index in [1.165, 1.54) is 0 Å². The molecule has 0 fully saturated rings. The monoisotopic (exact) mass is 273 g/mol. The smallest absolute Gasteiger partial charge is 0.344 e. The maximum absolute atomic E-state index is 11.5. The summed E-state index contributed by atoms with van der Waals surface area (Å²) < 4.78 is 15.7. The first-order chi connectivity index (χ1) is 9.76. The lowest BCUT2D eigenvalue weighted by Crippen LogP contribution is -2.15. The minimum absolute atomic E-state index is 0.0626. The van der Waals surface area contributed by atoms with Gasteiger partial charge in [-0.25, -0.2) is 4.79 Å². The van der Waals surface area contributed by atoms with Crippen LogP contribution in [0.2, 0.25) is 0 Å². The van der Waals surface area contributed by atoms with Gasteiger partial charge in [-0.2, -0.15) is 5.26 Å². The molecule has 0 aliphatic rings. The summed E-state index contributed by atoms with van der Waals surface area (Å²) >= 11 is 0. The van der Waals surface area contributed by atoms with E-state index in [0.717, 1.165) is 12.8 Å². The van der Waals surface area contributed by atoms with E-state index in [-0.39, 0.29) is 18.1 Å². The van der Waals surface area contributed by atoms with Gasteiger partial charge < -0.3 is 13.9 Å².